The van der Waals surface area contributed by atoms with Crippen molar-refractivity contribution in [1.82, 2.24) is 9.88 Å². The Balaban J connectivity index is 1.35. The van der Waals surface area contributed by atoms with Crippen LogP contribution >= 0.6 is 11.3 Å². The number of carbonyl (C=O) groups excluding carboxylic acids is 2. The molecule has 2 amide bonds. The van der Waals surface area contributed by atoms with E-state index in [0.717, 1.165) is 10.2 Å². The number of piperidine rings is 1. The van der Waals surface area contributed by atoms with Gasteiger partial charge in [-0.25, -0.2) is 4.98 Å². The third-order valence-corrected chi connectivity index (χ3v) is 5.40. The second-order valence-electron chi connectivity index (χ2n) is 6.05. The van der Waals surface area contributed by atoms with E-state index in [-0.39, 0.29) is 17.7 Å². The van der Waals surface area contributed by atoms with Crippen molar-refractivity contribution < 1.29 is 14.0 Å². The smallest absolute Gasteiger partial charge is 0.257 e. The number of amides is 2. The Morgan fingerprint density at radius 1 is 1.20 bits per heavy atom. The van der Waals surface area contributed by atoms with E-state index in [9.17, 15) is 9.59 Å². The number of thiazole rings is 1. The van der Waals surface area contributed by atoms with E-state index in [1.165, 1.54) is 23.9 Å². The normalized spacial score (nSPS) is 15.4. The van der Waals surface area contributed by atoms with Gasteiger partial charge >= 0.3 is 0 Å². The van der Waals surface area contributed by atoms with Crippen LogP contribution in [-0.2, 0) is 4.79 Å². The fraction of sp³-hybridized carbons (Fsp3) is 0.278. The minimum atomic E-state index is -0.0968. The average Bonchev–Trinajstić information content (AvgIpc) is 3.30. The summed E-state index contributed by atoms with van der Waals surface area (Å²) in [6, 6.07) is 9.47. The van der Waals surface area contributed by atoms with E-state index >= 15 is 0 Å². The van der Waals surface area contributed by atoms with Crippen molar-refractivity contribution in [3.63, 3.8) is 0 Å². The summed E-state index contributed by atoms with van der Waals surface area (Å²) < 4.78 is 6.01. The van der Waals surface area contributed by atoms with Gasteiger partial charge in [0.1, 0.15) is 6.26 Å². The van der Waals surface area contributed by atoms with E-state index in [1.54, 1.807) is 11.0 Å². The Kier molecular flexibility index (Phi) is 4.23. The molecule has 7 heteroatoms. The van der Waals surface area contributed by atoms with Crippen molar-refractivity contribution in [2.45, 2.75) is 12.8 Å². The van der Waals surface area contributed by atoms with Crippen LogP contribution in [0.3, 0.4) is 0 Å². The van der Waals surface area contributed by atoms with Gasteiger partial charge in [-0.05, 0) is 31.0 Å². The second kappa shape index (κ2) is 6.68. The molecular formula is C18H17N3O3S. The van der Waals surface area contributed by atoms with Gasteiger partial charge in [0.05, 0.1) is 22.0 Å². The highest BCUT2D eigenvalue weighted by molar-refractivity contribution is 7.22. The van der Waals surface area contributed by atoms with Gasteiger partial charge in [-0.3, -0.25) is 9.59 Å². The first-order valence-corrected chi connectivity index (χ1v) is 9.00. The molecule has 1 aliphatic rings. The van der Waals surface area contributed by atoms with Crippen LogP contribution in [0.4, 0.5) is 5.13 Å². The van der Waals surface area contributed by atoms with Gasteiger partial charge in [0.25, 0.3) is 5.91 Å². The minimum absolute atomic E-state index is 0.0190. The first kappa shape index (κ1) is 15.8. The summed E-state index contributed by atoms with van der Waals surface area (Å²) >= 11 is 1.48. The summed E-state index contributed by atoms with van der Waals surface area (Å²) in [7, 11) is 0. The first-order valence-electron chi connectivity index (χ1n) is 8.18. The number of nitrogens with zero attached hydrogens (tertiary/aromatic N) is 2. The number of carbonyl (C=O) groups is 2. The molecule has 1 aliphatic heterocycles. The van der Waals surface area contributed by atoms with Gasteiger partial charge in [-0.2, -0.15) is 0 Å². The van der Waals surface area contributed by atoms with Crippen molar-refractivity contribution in [3.05, 3.63) is 48.4 Å². The van der Waals surface area contributed by atoms with Gasteiger partial charge in [0, 0.05) is 19.0 Å². The molecule has 0 spiro atoms. The Labute approximate surface area is 148 Å². The number of likely N-dealkylation sites (tertiary alicyclic amines) is 1. The molecule has 0 bridgehead atoms. The summed E-state index contributed by atoms with van der Waals surface area (Å²) in [4.78, 5) is 31.0. The average molecular weight is 355 g/mol. The van der Waals surface area contributed by atoms with Gasteiger partial charge in [-0.15, -0.1) is 0 Å². The maximum Gasteiger partial charge on any atom is 0.257 e. The standard InChI is InChI=1S/C18H17N3O3S/c22-16(20-18-19-14-3-1-2-4-15(14)25-18)12-5-8-21(9-6-12)17(23)13-7-10-24-11-13/h1-4,7,10-12H,5-6,8-9H2,(H,19,20,22). The predicted octanol–water partition coefficient (Wildman–Crippen LogP) is 3.38. The number of hydrogen-bond donors (Lipinski definition) is 1. The Morgan fingerprint density at radius 2 is 2.00 bits per heavy atom. The van der Waals surface area contributed by atoms with Crippen molar-refractivity contribution in [1.29, 1.82) is 0 Å². The van der Waals surface area contributed by atoms with Crippen LogP contribution in [0.1, 0.15) is 23.2 Å². The lowest BCUT2D eigenvalue weighted by Gasteiger charge is -2.30. The molecule has 0 aliphatic carbocycles. The fourth-order valence-electron chi connectivity index (χ4n) is 3.05. The number of aromatic nitrogens is 1. The number of furan rings is 1. The summed E-state index contributed by atoms with van der Waals surface area (Å²) in [5.74, 6) is -0.159. The van der Waals surface area contributed by atoms with Gasteiger partial charge in [-0.1, -0.05) is 23.5 Å². The number of fused-ring (bicyclic) bond motifs is 1. The van der Waals surface area contributed by atoms with Crippen LogP contribution < -0.4 is 5.32 Å². The van der Waals surface area contributed by atoms with E-state index < -0.39 is 0 Å². The molecule has 2 aromatic heterocycles. The molecule has 0 atom stereocenters. The maximum absolute atomic E-state index is 12.5. The predicted molar refractivity (Wildman–Crippen MR) is 95.6 cm³/mol. The van der Waals surface area contributed by atoms with Crippen LogP contribution in [0.25, 0.3) is 10.2 Å². The van der Waals surface area contributed by atoms with E-state index in [4.69, 9.17) is 4.42 Å². The number of anilines is 1. The molecule has 1 fully saturated rings. The molecule has 25 heavy (non-hydrogen) atoms. The number of benzene rings is 1. The maximum atomic E-state index is 12.5. The summed E-state index contributed by atoms with van der Waals surface area (Å²) in [6.45, 7) is 1.14. The Morgan fingerprint density at radius 3 is 2.72 bits per heavy atom. The molecule has 0 saturated carbocycles. The molecule has 4 rings (SSSR count). The third-order valence-electron chi connectivity index (χ3n) is 4.45. The molecule has 3 heterocycles. The molecule has 0 unspecified atom stereocenters. The highest BCUT2D eigenvalue weighted by Crippen LogP contribution is 2.27. The van der Waals surface area contributed by atoms with Gasteiger partial charge < -0.3 is 14.6 Å². The number of rotatable bonds is 3. The first-order chi connectivity index (χ1) is 12.2. The molecule has 1 aromatic carbocycles. The van der Waals surface area contributed by atoms with Crippen LogP contribution in [0.5, 0.6) is 0 Å². The zero-order valence-corrected chi connectivity index (χ0v) is 14.3. The van der Waals surface area contributed by atoms with Gasteiger partial charge in [0.2, 0.25) is 5.91 Å². The highest BCUT2D eigenvalue weighted by Gasteiger charge is 2.28. The Hall–Kier alpha value is -2.67. The highest BCUT2D eigenvalue weighted by atomic mass is 32.1. The second-order valence-corrected chi connectivity index (χ2v) is 7.09. The minimum Gasteiger partial charge on any atom is -0.472 e. The number of para-hydroxylation sites is 1. The molecule has 6 nitrogen and oxygen atoms in total. The molecule has 1 saturated heterocycles. The van der Waals surface area contributed by atoms with Crippen molar-refractivity contribution in [3.8, 4) is 0 Å². The molecule has 3 aromatic rings. The molecule has 128 valence electrons. The van der Waals surface area contributed by atoms with Crippen LogP contribution in [0, 0.1) is 5.92 Å². The monoisotopic (exact) mass is 355 g/mol. The summed E-state index contributed by atoms with van der Waals surface area (Å²) in [5, 5.41) is 3.55. The molecule has 1 N–H and O–H groups in total. The third kappa shape index (κ3) is 3.28. The molecular weight excluding hydrogens is 338 g/mol. The number of nitrogens with one attached hydrogen (secondary N) is 1. The van der Waals surface area contributed by atoms with Gasteiger partial charge in [0.15, 0.2) is 5.13 Å². The van der Waals surface area contributed by atoms with E-state index in [0.29, 0.717) is 36.6 Å². The van der Waals surface area contributed by atoms with E-state index in [2.05, 4.69) is 10.3 Å². The van der Waals surface area contributed by atoms with Crippen LogP contribution in [-0.4, -0.2) is 34.8 Å². The van der Waals surface area contributed by atoms with Crippen molar-refractivity contribution >= 4 is 38.5 Å². The number of hydrogen-bond acceptors (Lipinski definition) is 5. The largest absolute Gasteiger partial charge is 0.472 e. The zero-order chi connectivity index (χ0) is 17.2. The summed E-state index contributed by atoms with van der Waals surface area (Å²) in [5.41, 5.74) is 1.45. The Bertz CT molecular complexity index is 862. The van der Waals surface area contributed by atoms with E-state index in [1.807, 2.05) is 24.3 Å². The fourth-order valence-corrected chi connectivity index (χ4v) is 3.92. The lowest BCUT2D eigenvalue weighted by atomic mass is 9.95. The zero-order valence-electron chi connectivity index (χ0n) is 13.5. The van der Waals surface area contributed by atoms with Crippen LogP contribution in [0.15, 0.2) is 47.3 Å². The molecule has 0 radical (unpaired) electrons. The lowest BCUT2D eigenvalue weighted by Crippen LogP contribution is -2.41. The topological polar surface area (TPSA) is 75.4 Å². The SMILES string of the molecule is O=C(Nc1nc2ccccc2s1)C1CCN(C(=O)c2ccoc2)CC1. The van der Waals surface area contributed by atoms with Crippen molar-refractivity contribution in [2.24, 2.45) is 5.92 Å². The van der Waals surface area contributed by atoms with Crippen LogP contribution in [0.2, 0.25) is 0 Å². The quantitative estimate of drug-likeness (QED) is 0.781. The van der Waals surface area contributed by atoms with Crippen molar-refractivity contribution in [2.75, 3.05) is 18.4 Å². The summed E-state index contributed by atoms with van der Waals surface area (Å²) in [6.07, 6.45) is 4.25. The lowest BCUT2D eigenvalue weighted by molar-refractivity contribution is -0.121.